The van der Waals surface area contributed by atoms with E-state index in [0.29, 0.717) is 12.4 Å². The summed E-state index contributed by atoms with van der Waals surface area (Å²) < 4.78 is 0. The number of hydrogen-bond donors (Lipinski definition) is 1. The molecule has 90 valence electrons. The van der Waals surface area contributed by atoms with Crippen LogP contribution in [0.4, 0.5) is 0 Å². The highest BCUT2D eigenvalue weighted by Gasteiger charge is 2.22. The molecule has 2 rings (SSSR count). The van der Waals surface area contributed by atoms with E-state index in [-0.39, 0.29) is 28.3 Å². The van der Waals surface area contributed by atoms with E-state index in [1.807, 2.05) is 0 Å². The van der Waals surface area contributed by atoms with Crippen LogP contribution < -0.4 is 0 Å². The molecule has 1 aliphatic rings. The molecule has 1 aromatic rings. The van der Waals surface area contributed by atoms with Gasteiger partial charge in [0.2, 0.25) is 0 Å². The number of carbonyl (C=O) groups excluding carboxylic acids is 1. The molecule has 1 N–H and O–H groups in total. The number of phenolic OH excluding ortho intramolecular Hbond substituents is 1. The van der Waals surface area contributed by atoms with Crippen molar-refractivity contribution in [3.05, 3.63) is 28.8 Å². The standard InChI is InChI=1S/C12H9N3O2S/c13-5-9-3-8(4-10(6-14)11(9)16)12(17)15-1-2-18-7-15/h3-4,16H,1-2,7H2. The third kappa shape index (κ3) is 2.11. The van der Waals surface area contributed by atoms with Gasteiger partial charge in [-0.15, -0.1) is 11.8 Å². The molecule has 0 aromatic heterocycles. The van der Waals surface area contributed by atoms with Gasteiger partial charge in [0.05, 0.1) is 17.0 Å². The van der Waals surface area contributed by atoms with Gasteiger partial charge in [-0.05, 0) is 12.1 Å². The van der Waals surface area contributed by atoms with Gasteiger partial charge in [0.15, 0.2) is 5.75 Å². The lowest BCUT2D eigenvalue weighted by Crippen LogP contribution is -2.27. The Hall–Kier alpha value is -2.18. The molecule has 1 aliphatic heterocycles. The average molecular weight is 259 g/mol. The SMILES string of the molecule is N#Cc1cc(C(=O)N2CCSC2)cc(C#N)c1O. The van der Waals surface area contributed by atoms with Crippen LogP contribution in [0.2, 0.25) is 0 Å². The molecule has 0 unspecified atom stereocenters. The van der Waals surface area contributed by atoms with Crippen molar-refractivity contribution >= 4 is 17.7 Å². The van der Waals surface area contributed by atoms with Gasteiger partial charge in [-0.1, -0.05) is 0 Å². The van der Waals surface area contributed by atoms with Crippen molar-refractivity contribution in [1.82, 2.24) is 4.90 Å². The second-order valence-corrected chi connectivity index (χ2v) is 4.82. The highest BCUT2D eigenvalue weighted by atomic mass is 32.2. The van der Waals surface area contributed by atoms with Crippen LogP contribution in [0, 0.1) is 22.7 Å². The molecule has 1 amide bonds. The molecule has 0 radical (unpaired) electrons. The number of nitriles is 2. The summed E-state index contributed by atoms with van der Waals surface area (Å²) in [6.07, 6.45) is 0. The molecule has 5 nitrogen and oxygen atoms in total. The first kappa shape index (κ1) is 12.3. The number of benzene rings is 1. The summed E-state index contributed by atoms with van der Waals surface area (Å²) in [7, 11) is 0. The minimum Gasteiger partial charge on any atom is -0.505 e. The van der Waals surface area contributed by atoms with Crippen molar-refractivity contribution in [2.45, 2.75) is 0 Å². The lowest BCUT2D eigenvalue weighted by atomic mass is 10.0. The smallest absolute Gasteiger partial charge is 0.254 e. The molecule has 0 atom stereocenters. The van der Waals surface area contributed by atoms with Crippen LogP contribution in [0.25, 0.3) is 0 Å². The average Bonchev–Trinajstić information content (AvgIpc) is 2.92. The van der Waals surface area contributed by atoms with Gasteiger partial charge in [0.1, 0.15) is 12.1 Å². The van der Waals surface area contributed by atoms with Crippen molar-refractivity contribution in [2.75, 3.05) is 18.2 Å². The highest BCUT2D eigenvalue weighted by molar-refractivity contribution is 7.99. The Bertz CT molecular complexity index is 545. The topological polar surface area (TPSA) is 88.1 Å². The summed E-state index contributed by atoms with van der Waals surface area (Å²) in [5, 5.41) is 27.3. The number of hydrogen-bond acceptors (Lipinski definition) is 5. The van der Waals surface area contributed by atoms with Crippen LogP contribution in [0.5, 0.6) is 5.75 Å². The number of phenols is 1. The first-order valence-electron chi connectivity index (χ1n) is 5.21. The van der Waals surface area contributed by atoms with Crippen molar-refractivity contribution < 1.29 is 9.90 Å². The van der Waals surface area contributed by atoms with Crippen LogP contribution in [0.3, 0.4) is 0 Å². The molecule has 0 bridgehead atoms. The highest BCUT2D eigenvalue weighted by Crippen LogP contribution is 2.25. The molecular formula is C12H9N3O2S. The number of carbonyl (C=O) groups is 1. The van der Waals surface area contributed by atoms with Gasteiger partial charge < -0.3 is 10.0 Å². The molecule has 0 saturated carbocycles. The monoisotopic (exact) mass is 259 g/mol. The number of thioether (sulfide) groups is 1. The maximum atomic E-state index is 12.1. The summed E-state index contributed by atoms with van der Waals surface area (Å²) in [6.45, 7) is 0.661. The van der Waals surface area contributed by atoms with E-state index in [1.165, 1.54) is 12.1 Å². The molecule has 18 heavy (non-hydrogen) atoms. The van der Waals surface area contributed by atoms with Crippen LogP contribution >= 0.6 is 11.8 Å². The fourth-order valence-electron chi connectivity index (χ4n) is 1.69. The normalized spacial score (nSPS) is 14.0. The summed E-state index contributed by atoms with van der Waals surface area (Å²) in [5.41, 5.74) is 0.164. The van der Waals surface area contributed by atoms with Crippen molar-refractivity contribution in [1.29, 1.82) is 10.5 Å². The quantitative estimate of drug-likeness (QED) is 0.820. The number of amides is 1. The van der Waals surface area contributed by atoms with E-state index in [0.717, 1.165) is 5.75 Å². The summed E-state index contributed by atoms with van der Waals surface area (Å²) in [6, 6.07) is 6.20. The third-order valence-electron chi connectivity index (χ3n) is 2.64. The zero-order chi connectivity index (χ0) is 13.1. The van der Waals surface area contributed by atoms with E-state index < -0.39 is 0 Å². The van der Waals surface area contributed by atoms with Gasteiger partial charge in [0, 0.05) is 17.9 Å². The fraction of sp³-hybridized carbons (Fsp3) is 0.250. The first-order valence-corrected chi connectivity index (χ1v) is 6.37. The Balaban J connectivity index is 2.43. The summed E-state index contributed by atoms with van der Waals surface area (Å²) in [5.74, 6) is 0.920. The predicted molar refractivity (Wildman–Crippen MR) is 65.9 cm³/mol. The second-order valence-electron chi connectivity index (χ2n) is 3.75. The maximum absolute atomic E-state index is 12.1. The van der Waals surface area contributed by atoms with Gasteiger partial charge >= 0.3 is 0 Å². The number of nitrogens with zero attached hydrogens (tertiary/aromatic N) is 3. The maximum Gasteiger partial charge on any atom is 0.254 e. The molecule has 1 fully saturated rings. The van der Waals surface area contributed by atoms with Gasteiger partial charge in [-0.25, -0.2) is 0 Å². The Morgan fingerprint density at radius 3 is 2.39 bits per heavy atom. The number of aromatic hydroxyl groups is 1. The van der Waals surface area contributed by atoms with Crippen LogP contribution in [-0.4, -0.2) is 34.1 Å². The van der Waals surface area contributed by atoms with E-state index in [4.69, 9.17) is 10.5 Å². The van der Waals surface area contributed by atoms with Gasteiger partial charge in [-0.3, -0.25) is 4.79 Å². The van der Waals surface area contributed by atoms with Crippen LogP contribution in [0.15, 0.2) is 12.1 Å². The zero-order valence-corrected chi connectivity index (χ0v) is 10.2. The molecule has 1 heterocycles. The van der Waals surface area contributed by atoms with Crippen LogP contribution in [-0.2, 0) is 0 Å². The Labute approximate surface area is 108 Å². The zero-order valence-electron chi connectivity index (χ0n) is 9.38. The molecule has 6 heteroatoms. The van der Waals surface area contributed by atoms with Crippen molar-refractivity contribution in [3.8, 4) is 17.9 Å². The Kier molecular flexibility index (Phi) is 3.40. The first-order chi connectivity index (χ1) is 8.67. The van der Waals surface area contributed by atoms with Crippen molar-refractivity contribution in [2.24, 2.45) is 0 Å². The number of rotatable bonds is 1. The largest absolute Gasteiger partial charge is 0.505 e. The molecule has 0 aliphatic carbocycles. The van der Waals surface area contributed by atoms with Gasteiger partial charge in [-0.2, -0.15) is 10.5 Å². The molecular weight excluding hydrogens is 250 g/mol. The Morgan fingerprint density at radius 1 is 1.33 bits per heavy atom. The third-order valence-corrected chi connectivity index (χ3v) is 3.60. The Morgan fingerprint density at radius 2 is 1.94 bits per heavy atom. The van der Waals surface area contributed by atoms with Gasteiger partial charge in [0.25, 0.3) is 5.91 Å². The molecule has 1 aromatic carbocycles. The van der Waals surface area contributed by atoms with E-state index >= 15 is 0 Å². The fourth-order valence-corrected chi connectivity index (χ4v) is 2.63. The summed E-state index contributed by atoms with van der Waals surface area (Å²) in [4.78, 5) is 13.8. The van der Waals surface area contributed by atoms with Crippen LogP contribution in [0.1, 0.15) is 21.5 Å². The van der Waals surface area contributed by atoms with E-state index in [9.17, 15) is 9.90 Å². The van der Waals surface area contributed by atoms with Crippen molar-refractivity contribution in [3.63, 3.8) is 0 Å². The predicted octanol–water partition coefficient (Wildman–Crippen LogP) is 1.28. The van der Waals surface area contributed by atoms with E-state index in [2.05, 4.69) is 0 Å². The van der Waals surface area contributed by atoms with E-state index in [1.54, 1.807) is 28.8 Å². The minimum absolute atomic E-state index is 0.0516. The summed E-state index contributed by atoms with van der Waals surface area (Å²) >= 11 is 1.65. The minimum atomic E-state index is -0.368. The molecule has 1 saturated heterocycles. The molecule has 0 spiro atoms. The lowest BCUT2D eigenvalue weighted by Gasteiger charge is -2.14. The lowest BCUT2D eigenvalue weighted by molar-refractivity contribution is 0.0802. The second kappa shape index (κ2) is 4.99.